The SMILES string of the molecule is Cc1cccc(-c2nn3ccccc3c2-c2ccc(=O)n(C)n2)c1. The summed E-state index contributed by atoms with van der Waals surface area (Å²) in [4.78, 5) is 11.7. The van der Waals surface area contributed by atoms with Crippen molar-refractivity contribution in [1.82, 2.24) is 19.4 Å². The summed E-state index contributed by atoms with van der Waals surface area (Å²) in [7, 11) is 1.66. The fraction of sp³-hybridized carbons (Fsp3) is 0.105. The summed E-state index contributed by atoms with van der Waals surface area (Å²) in [6.45, 7) is 2.06. The van der Waals surface area contributed by atoms with Crippen LogP contribution in [0.25, 0.3) is 28.0 Å². The average Bonchev–Trinajstić information content (AvgIpc) is 2.97. The van der Waals surface area contributed by atoms with Gasteiger partial charge in [-0.15, -0.1) is 0 Å². The van der Waals surface area contributed by atoms with Gasteiger partial charge in [0.2, 0.25) is 0 Å². The molecule has 0 saturated carbocycles. The summed E-state index contributed by atoms with van der Waals surface area (Å²) < 4.78 is 3.20. The summed E-state index contributed by atoms with van der Waals surface area (Å²) in [6.07, 6.45) is 1.92. The second kappa shape index (κ2) is 5.45. The molecular weight excluding hydrogens is 300 g/mol. The van der Waals surface area contributed by atoms with Crippen molar-refractivity contribution in [1.29, 1.82) is 0 Å². The summed E-state index contributed by atoms with van der Waals surface area (Å²) in [5.41, 5.74) is 5.54. The highest BCUT2D eigenvalue weighted by molar-refractivity contribution is 5.90. The van der Waals surface area contributed by atoms with E-state index in [1.807, 2.05) is 41.0 Å². The maximum Gasteiger partial charge on any atom is 0.266 e. The minimum absolute atomic E-state index is 0.132. The molecular formula is C19H16N4O. The van der Waals surface area contributed by atoms with Crippen LogP contribution in [0, 0.1) is 6.92 Å². The molecule has 5 nitrogen and oxygen atoms in total. The van der Waals surface area contributed by atoms with E-state index in [1.54, 1.807) is 13.1 Å². The van der Waals surface area contributed by atoms with Crippen molar-refractivity contribution in [2.24, 2.45) is 7.05 Å². The van der Waals surface area contributed by atoms with E-state index in [1.165, 1.54) is 16.3 Å². The summed E-state index contributed by atoms with van der Waals surface area (Å²) in [5, 5.41) is 9.17. The predicted molar refractivity (Wildman–Crippen MR) is 93.8 cm³/mol. The molecule has 0 fully saturated rings. The molecule has 0 aliphatic rings. The second-order valence-electron chi connectivity index (χ2n) is 5.80. The number of pyridine rings is 1. The van der Waals surface area contributed by atoms with Gasteiger partial charge in [0.05, 0.1) is 16.8 Å². The zero-order valence-electron chi connectivity index (χ0n) is 13.5. The third kappa shape index (κ3) is 2.31. The Morgan fingerprint density at radius 1 is 0.958 bits per heavy atom. The quantitative estimate of drug-likeness (QED) is 0.571. The predicted octanol–water partition coefficient (Wildman–Crippen LogP) is 3.07. The van der Waals surface area contributed by atoms with Gasteiger partial charge in [-0.1, -0.05) is 29.8 Å². The highest BCUT2D eigenvalue weighted by Gasteiger charge is 2.17. The largest absolute Gasteiger partial charge is 0.268 e. The Labute approximate surface area is 138 Å². The van der Waals surface area contributed by atoms with Crippen LogP contribution in [0.1, 0.15) is 5.56 Å². The van der Waals surface area contributed by atoms with Crippen molar-refractivity contribution in [3.63, 3.8) is 0 Å². The van der Waals surface area contributed by atoms with E-state index in [4.69, 9.17) is 5.10 Å². The van der Waals surface area contributed by atoms with E-state index >= 15 is 0 Å². The third-order valence-electron chi connectivity index (χ3n) is 4.05. The Kier molecular flexibility index (Phi) is 3.27. The van der Waals surface area contributed by atoms with Crippen molar-refractivity contribution in [3.8, 4) is 22.5 Å². The van der Waals surface area contributed by atoms with Crippen LogP contribution in [-0.4, -0.2) is 19.4 Å². The Balaban J connectivity index is 2.07. The molecule has 0 radical (unpaired) electrons. The molecule has 3 heterocycles. The van der Waals surface area contributed by atoms with Gasteiger partial charge in [0.1, 0.15) is 5.69 Å². The maximum atomic E-state index is 11.7. The number of hydrogen-bond donors (Lipinski definition) is 0. The monoisotopic (exact) mass is 316 g/mol. The van der Waals surface area contributed by atoms with Gasteiger partial charge in [0, 0.05) is 24.9 Å². The fourth-order valence-corrected chi connectivity index (χ4v) is 2.88. The lowest BCUT2D eigenvalue weighted by Crippen LogP contribution is -2.18. The smallest absolute Gasteiger partial charge is 0.266 e. The van der Waals surface area contributed by atoms with E-state index in [0.717, 1.165) is 28.0 Å². The lowest BCUT2D eigenvalue weighted by atomic mass is 10.0. The molecule has 118 valence electrons. The Morgan fingerprint density at radius 2 is 1.83 bits per heavy atom. The third-order valence-corrected chi connectivity index (χ3v) is 4.05. The van der Waals surface area contributed by atoms with Crippen molar-refractivity contribution < 1.29 is 0 Å². The van der Waals surface area contributed by atoms with Gasteiger partial charge in [-0.3, -0.25) is 4.79 Å². The standard InChI is InChI=1S/C19H16N4O/c1-13-6-5-7-14(12-13)19-18(15-9-10-17(24)22(2)20-15)16-8-3-4-11-23(16)21-19/h3-12H,1-2H3. The molecule has 4 aromatic rings. The first-order valence-electron chi connectivity index (χ1n) is 7.72. The van der Waals surface area contributed by atoms with Crippen LogP contribution < -0.4 is 5.56 Å². The van der Waals surface area contributed by atoms with Gasteiger partial charge in [-0.2, -0.15) is 10.2 Å². The maximum absolute atomic E-state index is 11.7. The molecule has 0 aliphatic carbocycles. The van der Waals surface area contributed by atoms with Crippen LogP contribution >= 0.6 is 0 Å². The normalized spacial score (nSPS) is 11.1. The molecule has 0 bridgehead atoms. The number of fused-ring (bicyclic) bond motifs is 1. The Bertz CT molecular complexity index is 1110. The zero-order chi connectivity index (χ0) is 16.7. The van der Waals surface area contributed by atoms with Crippen LogP contribution in [-0.2, 0) is 7.05 Å². The molecule has 5 heteroatoms. The number of aryl methyl sites for hydroxylation is 2. The zero-order valence-corrected chi connectivity index (χ0v) is 13.5. The first-order chi connectivity index (χ1) is 11.6. The number of benzene rings is 1. The van der Waals surface area contributed by atoms with Crippen molar-refractivity contribution in [2.75, 3.05) is 0 Å². The average molecular weight is 316 g/mol. The van der Waals surface area contributed by atoms with Crippen molar-refractivity contribution in [2.45, 2.75) is 6.92 Å². The summed E-state index contributed by atoms with van der Waals surface area (Å²) in [5.74, 6) is 0. The molecule has 4 rings (SSSR count). The molecule has 0 aliphatic heterocycles. The van der Waals surface area contributed by atoms with E-state index in [-0.39, 0.29) is 5.56 Å². The molecule has 0 N–H and O–H groups in total. The van der Waals surface area contributed by atoms with Crippen LogP contribution in [0.4, 0.5) is 0 Å². The van der Waals surface area contributed by atoms with Crippen LogP contribution in [0.2, 0.25) is 0 Å². The summed E-state index contributed by atoms with van der Waals surface area (Å²) >= 11 is 0. The van der Waals surface area contributed by atoms with Crippen LogP contribution in [0.5, 0.6) is 0 Å². The molecule has 0 amide bonds. The van der Waals surface area contributed by atoms with Crippen LogP contribution in [0.3, 0.4) is 0 Å². The fourth-order valence-electron chi connectivity index (χ4n) is 2.88. The van der Waals surface area contributed by atoms with Gasteiger partial charge in [-0.25, -0.2) is 9.20 Å². The number of nitrogens with zero attached hydrogens (tertiary/aromatic N) is 4. The Morgan fingerprint density at radius 3 is 2.62 bits per heavy atom. The first-order valence-corrected chi connectivity index (χ1v) is 7.72. The van der Waals surface area contributed by atoms with E-state index in [9.17, 15) is 4.79 Å². The highest BCUT2D eigenvalue weighted by atomic mass is 16.1. The first kappa shape index (κ1) is 14.4. The minimum Gasteiger partial charge on any atom is -0.268 e. The van der Waals surface area contributed by atoms with Gasteiger partial charge in [-0.05, 0) is 31.2 Å². The molecule has 1 aromatic carbocycles. The number of hydrogen-bond acceptors (Lipinski definition) is 3. The topological polar surface area (TPSA) is 52.2 Å². The van der Waals surface area contributed by atoms with Gasteiger partial charge < -0.3 is 0 Å². The lowest BCUT2D eigenvalue weighted by molar-refractivity contribution is 0.712. The molecule has 0 atom stereocenters. The molecule has 0 saturated heterocycles. The number of rotatable bonds is 2. The van der Waals surface area contributed by atoms with Crippen LogP contribution in [0.15, 0.2) is 65.6 Å². The van der Waals surface area contributed by atoms with E-state index < -0.39 is 0 Å². The van der Waals surface area contributed by atoms with Crippen molar-refractivity contribution >= 4 is 5.52 Å². The molecule has 24 heavy (non-hydrogen) atoms. The van der Waals surface area contributed by atoms with Gasteiger partial charge in [0.15, 0.2) is 0 Å². The lowest BCUT2D eigenvalue weighted by Gasteiger charge is -2.05. The second-order valence-corrected chi connectivity index (χ2v) is 5.80. The molecule has 0 spiro atoms. The molecule has 3 aromatic heterocycles. The summed E-state index contributed by atoms with van der Waals surface area (Å²) in [6, 6.07) is 17.4. The highest BCUT2D eigenvalue weighted by Crippen LogP contribution is 2.33. The van der Waals surface area contributed by atoms with E-state index in [2.05, 4.69) is 24.2 Å². The Hall–Kier alpha value is -3.21. The van der Waals surface area contributed by atoms with Crippen molar-refractivity contribution in [3.05, 3.63) is 76.7 Å². The van der Waals surface area contributed by atoms with E-state index in [0.29, 0.717) is 0 Å². The number of aromatic nitrogens is 4. The minimum atomic E-state index is -0.132. The molecule has 0 unspecified atom stereocenters. The van der Waals surface area contributed by atoms with Gasteiger partial charge in [0.25, 0.3) is 5.56 Å². The van der Waals surface area contributed by atoms with Gasteiger partial charge >= 0.3 is 0 Å².